The molecule has 0 aromatic heterocycles. The van der Waals surface area contributed by atoms with Crippen LogP contribution in [0, 0.1) is 6.92 Å². The molecule has 0 fully saturated rings. The minimum Gasteiger partial charge on any atom is -0.325 e. The Kier molecular flexibility index (Phi) is 5.85. The van der Waals surface area contributed by atoms with Crippen LogP contribution in [0.5, 0.6) is 0 Å². The number of carbonyl (C=O) groups is 1. The molecular formula is C17H19NO3S2. The standard InChI is InChI=1S/C17H19NO3S2/c1-3-23(20,21)16-10-6-14(7-11-16)18-17(19)12-22-15-8-4-13(2)5-9-15/h4-11H,3,12H2,1-2H3,(H,18,19). The lowest BCUT2D eigenvalue weighted by atomic mass is 10.2. The fourth-order valence-corrected chi connectivity index (χ4v) is 3.48. The van der Waals surface area contributed by atoms with Gasteiger partial charge in [-0.2, -0.15) is 0 Å². The summed E-state index contributed by atoms with van der Waals surface area (Å²) in [6, 6.07) is 14.2. The van der Waals surface area contributed by atoms with E-state index in [0.717, 1.165) is 4.90 Å². The number of anilines is 1. The lowest BCUT2D eigenvalue weighted by Gasteiger charge is -2.07. The Hall–Kier alpha value is -1.79. The number of aryl methyl sites for hydroxylation is 1. The molecule has 2 rings (SSSR count). The van der Waals surface area contributed by atoms with Gasteiger partial charge in [0.25, 0.3) is 0 Å². The summed E-state index contributed by atoms with van der Waals surface area (Å²) in [7, 11) is -3.21. The summed E-state index contributed by atoms with van der Waals surface area (Å²) >= 11 is 1.46. The molecule has 0 unspecified atom stereocenters. The van der Waals surface area contributed by atoms with E-state index in [1.807, 2.05) is 31.2 Å². The maximum atomic E-state index is 11.9. The molecule has 122 valence electrons. The summed E-state index contributed by atoms with van der Waals surface area (Å²) in [5, 5.41) is 2.77. The summed E-state index contributed by atoms with van der Waals surface area (Å²) < 4.78 is 23.5. The summed E-state index contributed by atoms with van der Waals surface area (Å²) in [6.45, 7) is 3.62. The van der Waals surface area contributed by atoms with Crippen LogP contribution >= 0.6 is 11.8 Å². The van der Waals surface area contributed by atoms with E-state index in [2.05, 4.69) is 5.32 Å². The number of thioether (sulfide) groups is 1. The van der Waals surface area contributed by atoms with E-state index >= 15 is 0 Å². The molecule has 4 nitrogen and oxygen atoms in total. The van der Waals surface area contributed by atoms with Gasteiger partial charge in [-0.15, -0.1) is 11.8 Å². The van der Waals surface area contributed by atoms with Crippen LogP contribution in [0.25, 0.3) is 0 Å². The molecule has 0 saturated heterocycles. The molecule has 0 aliphatic carbocycles. The Balaban J connectivity index is 1.91. The summed E-state index contributed by atoms with van der Waals surface area (Å²) in [5.41, 5.74) is 1.77. The number of hydrogen-bond donors (Lipinski definition) is 1. The van der Waals surface area contributed by atoms with Crippen LogP contribution in [0.2, 0.25) is 0 Å². The topological polar surface area (TPSA) is 63.2 Å². The van der Waals surface area contributed by atoms with Crippen molar-refractivity contribution in [1.29, 1.82) is 0 Å². The second kappa shape index (κ2) is 7.66. The molecule has 1 amide bonds. The first-order valence-electron chi connectivity index (χ1n) is 7.23. The fourth-order valence-electron chi connectivity index (χ4n) is 1.89. The molecule has 0 saturated carbocycles. The Labute approximate surface area is 141 Å². The Morgan fingerprint density at radius 1 is 1.04 bits per heavy atom. The number of nitrogens with one attached hydrogen (secondary N) is 1. The molecular weight excluding hydrogens is 330 g/mol. The summed E-state index contributed by atoms with van der Waals surface area (Å²) in [5.74, 6) is 0.242. The molecule has 0 atom stereocenters. The molecule has 2 aromatic carbocycles. The largest absolute Gasteiger partial charge is 0.325 e. The fraction of sp³-hybridized carbons (Fsp3) is 0.235. The van der Waals surface area contributed by atoms with Crippen molar-refractivity contribution >= 4 is 33.2 Å². The highest BCUT2D eigenvalue weighted by Crippen LogP contribution is 2.19. The van der Waals surface area contributed by atoms with Crippen LogP contribution in [0.3, 0.4) is 0 Å². The summed E-state index contributed by atoms with van der Waals surface area (Å²) in [6.07, 6.45) is 0. The number of benzene rings is 2. The van der Waals surface area contributed by atoms with Gasteiger partial charge in [0.15, 0.2) is 9.84 Å². The van der Waals surface area contributed by atoms with E-state index in [1.54, 1.807) is 19.1 Å². The van der Waals surface area contributed by atoms with Gasteiger partial charge < -0.3 is 5.32 Å². The maximum absolute atomic E-state index is 11.9. The van der Waals surface area contributed by atoms with Crippen LogP contribution in [0.4, 0.5) is 5.69 Å². The van der Waals surface area contributed by atoms with Crippen molar-refractivity contribution in [2.24, 2.45) is 0 Å². The highest BCUT2D eigenvalue weighted by molar-refractivity contribution is 8.00. The average Bonchev–Trinajstić information content (AvgIpc) is 2.55. The molecule has 0 aliphatic heterocycles. The van der Waals surface area contributed by atoms with Crippen molar-refractivity contribution in [3.8, 4) is 0 Å². The molecule has 6 heteroatoms. The zero-order valence-corrected chi connectivity index (χ0v) is 14.7. The van der Waals surface area contributed by atoms with Crippen molar-refractivity contribution in [2.75, 3.05) is 16.8 Å². The van der Waals surface area contributed by atoms with Crippen molar-refractivity contribution in [3.63, 3.8) is 0 Å². The van der Waals surface area contributed by atoms with Crippen LogP contribution in [-0.4, -0.2) is 25.8 Å². The molecule has 23 heavy (non-hydrogen) atoms. The lowest BCUT2D eigenvalue weighted by molar-refractivity contribution is -0.113. The highest BCUT2D eigenvalue weighted by atomic mass is 32.2. The number of amides is 1. The number of carbonyl (C=O) groups excluding carboxylic acids is 1. The normalized spacial score (nSPS) is 11.2. The van der Waals surface area contributed by atoms with Gasteiger partial charge in [-0.05, 0) is 43.3 Å². The molecule has 2 aromatic rings. The number of sulfone groups is 1. The quantitative estimate of drug-likeness (QED) is 0.811. The predicted octanol–water partition coefficient (Wildman–Crippen LogP) is 3.52. The van der Waals surface area contributed by atoms with Crippen molar-refractivity contribution < 1.29 is 13.2 Å². The van der Waals surface area contributed by atoms with Crippen molar-refractivity contribution in [1.82, 2.24) is 0 Å². The minimum atomic E-state index is -3.21. The van der Waals surface area contributed by atoms with E-state index in [1.165, 1.54) is 29.5 Å². The first-order valence-corrected chi connectivity index (χ1v) is 9.86. The third-order valence-electron chi connectivity index (χ3n) is 3.27. The van der Waals surface area contributed by atoms with Crippen LogP contribution in [0.1, 0.15) is 12.5 Å². The third-order valence-corrected chi connectivity index (χ3v) is 6.03. The minimum absolute atomic E-state index is 0.0614. The zero-order chi connectivity index (χ0) is 16.9. The Morgan fingerprint density at radius 3 is 2.22 bits per heavy atom. The molecule has 0 bridgehead atoms. The van der Waals surface area contributed by atoms with Gasteiger partial charge in [-0.1, -0.05) is 24.6 Å². The second-order valence-corrected chi connectivity index (χ2v) is 8.40. The van der Waals surface area contributed by atoms with Crippen molar-refractivity contribution in [3.05, 3.63) is 54.1 Å². The predicted molar refractivity (Wildman–Crippen MR) is 94.7 cm³/mol. The van der Waals surface area contributed by atoms with E-state index in [-0.39, 0.29) is 16.6 Å². The van der Waals surface area contributed by atoms with E-state index in [9.17, 15) is 13.2 Å². The third kappa shape index (κ3) is 5.11. The highest BCUT2D eigenvalue weighted by Gasteiger charge is 2.11. The smallest absolute Gasteiger partial charge is 0.234 e. The van der Waals surface area contributed by atoms with Crippen molar-refractivity contribution in [2.45, 2.75) is 23.6 Å². The van der Waals surface area contributed by atoms with E-state index < -0.39 is 9.84 Å². The van der Waals surface area contributed by atoms with Gasteiger partial charge in [0.2, 0.25) is 5.91 Å². The first-order chi connectivity index (χ1) is 10.9. The number of hydrogen-bond acceptors (Lipinski definition) is 4. The Morgan fingerprint density at radius 2 is 1.65 bits per heavy atom. The second-order valence-electron chi connectivity index (χ2n) is 5.08. The van der Waals surface area contributed by atoms with E-state index in [0.29, 0.717) is 11.4 Å². The van der Waals surface area contributed by atoms with Gasteiger partial charge >= 0.3 is 0 Å². The van der Waals surface area contributed by atoms with Gasteiger partial charge in [-0.25, -0.2) is 8.42 Å². The van der Waals surface area contributed by atoms with Crippen LogP contribution < -0.4 is 5.32 Å². The Bertz CT molecular complexity index is 766. The van der Waals surface area contributed by atoms with Gasteiger partial charge in [0.05, 0.1) is 16.4 Å². The molecule has 1 N–H and O–H groups in total. The van der Waals surface area contributed by atoms with Gasteiger partial charge in [0, 0.05) is 10.6 Å². The van der Waals surface area contributed by atoms with Gasteiger partial charge in [0.1, 0.15) is 0 Å². The monoisotopic (exact) mass is 349 g/mol. The zero-order valence-electron chi connectivity index (χ0n) is 13.1. The lowest BCUT2D eigenvalue weighted by Crippen LogP contribution is -2.14. The van der Waals surface area contributed by atoms with Gasteiger partial charge in [-0.3, -0.25) is 4.79 Å². The molecule has 0 heterocycles. The average molecular weight is 349 g/mol. The SMILES string of the molecule is CCS(=O)(=O)c1ccc(NC(=O)CSc2ccc(C)cc2)cc1. The summed E-state index contributed by atoms with van der Waals surface area (Å²) in [4.78, 5) is 13.2. The molecule has 0 radical (unpaired) electrons. The number of rotatable bonds is 6. The van der Waals surface area contributed by atoms with Crippen LogP contribution in [-0.2, 0) is 14.6 Å². The first kappa shape index (κ1) is 17.6. The molecule has 0 aliphatic rings. The van der Waals surface area contributed by atoms with E-state index in [4.69, 9.17) is 0 Å². The van der Waals surface area contributed by atoms with Crippen LogP contribution in [0.15, 0.2) is 58.3 Å². The molecule has 0 spiro atoms. The maximum Gasteiger partial charge on any atom is 0.234 e.